The highest BCUT2D eigenvalue weighted by atomic mass is 32.1. The van der Waals surface area contributed by atoms with Crippen molar-refractivity contribution >= 4 is 17.2 Å². The lowest BCUT2D eigenvalue weighted by atomic mass is 9.90. The third-order valence-corrected chi connectivity index (χ3v) is 6.21. The van der Waals surface area contributed by atoms with Crippen LogP contribution in [0.1, 0.15) is 32.4 Å². The fraction of sp³-hybridized carbons (Fsp3) is 0.261. The predicted molar refractivity (Wildman–Crippen MR) is 113 cm³/mol. The number of nitrogens with zero attached hydrogens (tertiary/aromatic N) is 1. The van der Waals surface area contributed by atoms with Crippen molar-refractivity contribution in [3.8, 4) is 17.2 Å². The molecule has 4 rings (SSSR count). The molecule has 150 valence electrons. The molecule has 0 aliphatic carbocycles. The number of carbonyl (C=O) groups excluding carboxylic acids is 1. The van der Waals surface area contributed by atoms with Crippen LogP contribution in [-0.2, 0) is 6.42 Å². The van der Waals surface area contributed by atoms with E-state index in [1.165, 1.54) is 5.56 Å². The maximum atomic E-state index is 13.6. The van der Waals surface area contributed by atoms with Gasteiger partial charge in [0.1, 0.15) is 5.75 Å². The van der Waals surface area contributed by atoms with Crippen molar-refractivity contribution in [3.05, 3.63) is 75.5 Å². The number of hydrogen-bond acceptors (Lipinski definition) is 5. The number of hydrogen-bond donors (Lipinski definition) is 0. The minimum absolute atomic E-state index is 0.0405. The van der Waals surface area contributed by atoms with Crippen molar-refractivity contribution in [2.75, 3.05) is 27.9 Å². The van der Waals surface area contributed by atoms with Gasteiger partial charge in [0.05, 0.1) is 32.9 Å². The largest absolute Gasteiger partial charge is 0.496 e. The Kier molecular flexibility index (Phi) is 5.45. The third kappa shape index (κ3) is 3.44. The molecule has 0 bridgehead atoms. The van der Waals surface area contributed by atoms with Crippen LogP contribution in [0.3, 0.4) is 0 Å². The van der Waals surface area contributed by atoms with Gasteiger partial charge in [0.25, 0.3) is 5.91 Å². The topological polar surface area (TPSA) is 48.0 Å². The van der Waals surface area contributed by atoms with Crippen LogP contribution < -0.4 is 14.2 Å². The van der Waals surface area contributed by atoms with E-state index in [2.05, 4.69) is 6.07 Å². The van der Waals surface area contributed by atoms with Gasteiger partial charge in [0.2, 0.25) is 0 Å². The first-order chi connectivity index (χ1) is 14.2. The van der Waals surface area contributed by atoms with E-state index in [0.29, 0.717) is 29.4 Å². The second-order valence-electron chi connectivity index (χ2n) is 6.77. The Labute approximate surface area is 174 Å². The van der Waals surface area contributed by atoms with E-state index in [1.807, 2.05) is 52.7 Å². The van der Waals surface area contributed by atoms with Gasteiger partial charge in [-0.3, -0.25) is 4.79 Å². The molecule has 1 aromatic heterocycles. The van der Waals surface area contributed by atoms with Gasteiger partial charge < -0.3 is 19.1 Å². The molecular weight excluding hydrogens is 386 g/mol. The zero-order valence-electron chi connectivity index (χ0n) is 16.7. The highest BCUT2D eigenvalue weighted by molar-refractivity contribution is 7.10. The first kappa shape index (κ1) is 19.3. The minimum Gasteiger partial charge on any atom is -0.496 e. The molecule has 0 saturated heterocycles. The maximum absolute atomic E-state index is 13.6. The highest BCUT2D eigenvalue weighted by Crippen LogP contribution is 2.43. The molecule has 2 aromatic carbocycles. The van der Waals surface area contributed by atoms with Gasteiger partial charge >= 0.3 is 0 Å². The highest BCUT2D eigenvalue weighted by Gasteiger charge is 2.35. The normalized spacial score (nSPS) is 15.6. The van der Waals surface area contributed by atoms with Crippen LogP contribution >= 0.6 is 11.3 Å². The Morgan fingerprint density at radius 2 is 1.69 bits per heavy atom. The number of amides is 1. The summed E-state index contributed by atoms with van der Waals surface area (Å²) in [6, 6.07) is 15.3. The van der Waals surface area contributed by atoms with E-state index in [1.54, 1.807) is 32.7 Å². The van der Waals surface area contributed by atoms with E-state index in [0.717, 1.165) is 16.9 Å². The molecule has 0 saturated carbocycles. The van der Waals surface area contributed by atoms with Crippen molar-refractivity contribution in [1.82, 2.24) is 4.90 Å². The second kappa shape index (κ2) is 8.17. The summed E-state index contributed by atoms with van der Waals surface area (Å²) in [5.41, 5.74) is 2.81. The van der Waals surface area contributed by atoms with Crippen molar-refractivity contribution in [2.45, 2.75) is 12.5 Å². The number of para-hydroxylation sites is 1. The first-order valence-corrected chi connectivity index (χ1v) is 10.3. The third-order valence-electron chi connectivity index (χ3n) is 5.28. The van der Waals surface area contributed by atoms with E-state index < -0.39 is 0 Å². The minimum atomic E-state index is -0.184. The van der Waals surface area contributed by atoms with Gasteiger partial charge in [-0.2, -0.15) is 0 Å². The van der Waals surface area contributed by atoms with E-state index in [9.17, 15) is 4.79 Å². The first-order valence-electron chi connectivity index (χ1n) is 9.40. The molecule has 29 heavy (non-hydrogen) atoms. The molecule has 0 spiro atoms. The SMILES string of the molecule is COc1cc2c(cc1OC)[C@@H](c1cccs1)N(C(=O)c1ccccc1OC)CC2. The molecule has 3 aromatic rings. The lowest BCUT2D eigenvalue weighted by Gasteiger charge is -2.37. The van der Waals surface area contributed by atoms with Gasteiger partial charge in [-0.05, 0) is 53.3 Å². The van der Waals surface area contributed by atoms with Crippen molar-refractivity contribution in [1.29, 1.82) is 0 Å². The molecule has 0 radical (unpaired) electrons. The number of carbonyl (C=O) groups is 1. The molecular formula is C23H23NO4S. The van der Waals surface area contributed by atoms with Gasteiger partial charge in [-0.15, -0.1) is 11.3 Å². The summed E-state index contributed by atoms with van der Waals surface area (Å²) in [5.74, 6) is 1.92. The summed E-state index contributed by atoms with van der Waals surface area (Å²) in [4.78, 5) is 16.6. The summed E-state index contributed by atoms with van der Waals surface area (Å²) in [6.07, 6.45) is 0.748. The Morgan fingerprint density at radius 3 is 2.38 bits per heavy atom. The molecule has 1 aliphatic rings. The average Bonchev–Trinajstić information content (AvgIpc) is 3.31. The number of benzene rings is 2. The summed E-state index contributed by atoms with van der Waals surface area (Å²) in [5, 5.41) is 2.04. The lowest BCUT2D eigenvalue weighted by molar-refractivity contribution is 0.0693. The number of fused-ring (bicyclic) bond motifs is 1. The molecule has 0 N–H and O–H groups in total. The van der Waals surface area contributed by atoms with E-state index in [4.69, 9.17) is 14.2 Å². The quantitative estimate of drug-likeness (QED) is 0.620. The fourth-order valence-corrected chi connectivity index (χ4v) is 4.75. The Hall–Kier alpha value is -2.99. The number of rotatable bonds is 5. The zero-order valence-corrected chi connectivity index (χ0v) is 17.5. The van der Waals surface area contributed by atoms with Crippen molar-refractivity contribution < 1.29 is 19.0 Å². The molecule has 0 fully saturated rings. The van der Waals surface area contributed by atoms with Crippen molar-refractivity contribution in [2.24, 2.45) is 0 Å². The van der Waals surface area contributed by atoms with E-state index in [-0.39, 0.29) is 11.9 Å². The molecule has 0 unspecified atom stereocenters. The zero-order chi connectivity index (χ0) is 20.4. The second-order valence-corrected chi connectivity index (χ2v) is 7.75. The van der Waals surface area contributed by atoms with Gasteiger partial charge in [0.15, 0.2) is 11.5 Å². The number of ether oxygens (including phenoxy) is 3. The van der Waals surface area contributed by atoms with Crippen LogP contribution in [0.15, 0.2) is 53.9 Å². The summed E-state index contributed by atoms with van der Waals surface area (Å²) in [6.45, 7) is 0.613. The summed E-state index contributed by atoms with van der Waals surface area (Å²) >= 11 is 1.65. The van der Waals surface area contributed by atoms with Crippen LogP contribution in [0.2, 0.25) is 0 Å². The van der Waals surface area contributed by atoms with Gasteiger partial charge in [-0.25, -0.2) is 0 Å². The fourth-order valence-electron chi connectivity index (χ4n) is 3.89. The standard InChI is InChI=1S/C23H23NO4S/c1-26-18-8-5-4-7-16(18)23(25)24-11-10-15-13-19(27-2)20(28-3)14-17(15)22(24)21-9-6-12-29-21/h4-9,12-14,22H,10-11H2,1-3H3/t22-/m0/s1. The Morgan fingerprint density at radius 1 is 0.966 bits per heavy atom. The maximum Gasteiger partial charge on any atom is 0.258 e. The van der Waals surface area contributed by atoms with Gasteiger partial charge in [-0.1, -0.05) is 18.2 Å². The van der Waals surface area contributed by atoms with E-state index >= 15 is 0 Å². The molecule has 1 amide bonds. The summed E-state index contributed by atoms with van der Waals surface area (Å²) in [7, 11) is 4.86. The van der Waals surface area contributed by atoms with Crippen molar-refractivity contribution in [3.63, 3.8) is 0 Å². The van der Waals surface area contributed by atoms with Crippen LogP contribution in [-0.4, -0.2) is 38.7 Å². The van der Waals surface area contributed by atoms with Crippen LogP contribution in [0.4, 0.5) is 0 Å². The monoisotopic (exact) mass is 409 g/mol. The van der Waals surface area contributed by atoms with Crippen LogP contribution in [0.25, 0.3) is 0 Å². The Balaban J connectivity index is 1.83. The molecule has 2 heterocycles. The summed E-state index contributed by atoms with van der Waals surface area (Å²) < 4.78 is 16.5. The molecule has 6 heteroatoms. The van der Waals surface area contributed by atoms with Gasteiger partial charge in [0, 0.05) is 11.4 Å². The predicted octanol–water partition coefficient (Wildman–Crippen LogP) is 4.56. The smallest absolute Gasteiger partial charge is 0.258 e. The average molecular weight is 410 g/mol. The Bertz CT molecular complexity index is 1020. The molecule has 5 nitrogen and oxygen atoms in total. The molecule has 1 aliphatic heterocycles. The lowest BCUT2D eigenvalue weighted by Crippen LogP contribution is -2.40. The molecule has 1 atom stereocenters. The number of thiophene rings is 1. The van der Waals surface area contributed by atoms with Crippen LogP contribution in [0.5, 0.6) is 17.2 Å². The number of methoxy groups -OCH3 is 3. The van der Waals surface area contributed by atoms with Crippen LogP contribution in [0, 0.1) is 0 Å².